The van der Waals surface area contributed by atoms with Crippen molar-refractivity contribution in [2.75, 3.05) is 11.1 Å². The molecule has 110 valence electrons. The third kappa shape index (κ3) is 3.82. The standard InChI is InChI=1S/C13H12BrIN4O2/c1-7-12(15)13(21)19(6-17-7)5-11(20)18-10-3-2-8(16)4-9(10)14/h2-4,6H,5,16H2,1H3,(H,18,20). The van der Waals surface area contributed by atoms with Crippen molar-refractivity contribution in [3.8, 4) is 0 Å². The van der Waals surface area contributed by atoms with Crippen LogP contribution in [-0.2, 0) is 11.3 Å². The molecule has 0 radical (unpaired) electrons. The first kappa shape index (κ1) is 16.0. The first-order chi connectivity index (χ1) is 9.88. The van der Waals surface area contributed by atoms with Gasteiger partial charge in [0.15, 0.2) is 0 Å². The average Bonchev–Trinajstić information content (AvgIpc) is 2.43. The van der Waals surface area contributed by atoms with Crippen molar-refractivity contribution in [1.29, 1.82) is 0 Å². The van der Waals surface area contributed by atoms with E-state index >= 15 is 0 Å². The molecular formula is C13H12BrIN4O2. The maximum Gasteiger partial charge on any atom is 0.267 e. The second-order valence-electron chi connectivity index (χ2n) is 4.36. The molecule has 0 fully saturated rings. The van der Waals surface area contributed by atoms with Crippen LogP contribution in [-0.4, -0.2) is 15.5 Å². The van der Waals surface area contributed by atoms with Crippen LogP contribution in [0.3, 0.4) is 0 Å². The lowest BCUT2D eigenvalue weighted by atomic mass is 10.3. The number of nitrogen functional groups attached to an aromatic ring is 1. The number of nitrogens with one attached hydrogen (secondary N) is 1. The smallest absolute Gasteiger partial charge is 0.267 e. The van der Waals surface area contributed by atoms with Gasteiger partial charge in [-0.1, -0.05) is 0 Å². The summed E-state index contributed by atoms with van der Waals surface area (Å²) in [5.41, 5.74) is 7.25. The number of rotatable bonds is 3. The number of halogens is 2. The zero-order valence-electron chi connectivity index (χ0n) is 11.1. The molecule has 1 amide bonds. The Morgan fingerprint density at radius 1 is 1.52 bits per heavy atom. The number of carbonyl (C=O) groups is 1. The summed E-state index contributed by atoms with van der Waals surface area (Å²) in [6.45, 7) is 1.65. The van der Waals surface area contributed by atoms with E-state index in [1.54, 1.807) is 25.1 Å². The number of benzene rings is 1. The van der Waals surface area contributed by atoms with E-state index in [-0.39, 0.29) is 18.0 Å². The van der Waals surface area contributed by atoms with Crippen LogP contribution in [0.4, 0.5) is 11.4 Å². The Morgan fingerprint density at radius 3 is 2.90 bits per heavy atom. The number of anilines is 2. The van der Waals surface area contributed by atoms with E-state index in [2.05, 4.69) is 26.2 Å². The first-order valence-corrected chi connectivity index (χ1v) is 7.82. The minimum Gasteiger partial charge on any atom is -0.399 e. The number of hydrogen-bond donors (Lipinski definition) is 2. The highest BCUT2D eigenvalue weighted by atomic mass is 127. The molecule has 1 aromatic carbocycles. The fourth-order valence-corrected chi connectivity index (χ4v) is 2.58. The Hall–Kier alpha value is -1.42. The van der Waals surface area contributed by atoms with Gasteiger partial charge >= 0.3 is 0 Å². The van der Waals surface area contributed by atoms with Crippen LogP contribution in [0.25, 0.3) is 0 Å². The van der Waals surface area contributed by atoms with E-state index in [9.17, 15) is 9.59 Å². The SMILES string of the molecule is Cc1ncn(CC(=O)Nc2ccc(N)cc2Br)c(=O)c1I. The Labute approximate surface area is 143 Å². The molecular weight excluding hydrogens is 451 g/mol. The highest BCUT2D eigenvalue weighted by Crippen LogP contribution is 2.24. The number of amides is 1. The summed E-state index contributed by atoms with van der Waals surface area (Å²) in [7, 11) is 0. The van der Waals surface area contributed by atoms with Crippen molar-refractivity contribution >= 4 is 55.8 Å². The predicted octanol–water partition coefficient (Wildman–Crippen LogP) is 2.14. The maximum absolute atomic E-state index is 12.0. The summed E-state index contributed by atoms with van der Waals surface area (Å²) in [4.78, 5) is 28.1. The zero-order chi connectivity index (χ0) is 15.6. The number of aromatic nitrogens is 2. The zero-order valence-corrected chi connectivity index (χ0v) is 14.8. The Kier molecular flexibility index (Phi) is 4.99. The van der Waals surface area contributed by atoms with Gasteiger partial charge in [0.05, 0.1) is 21.3 Å². The fourth-order valence-electron chi connectivity index (χ4n) is 1.64. The van der Waals surface area contributed by atoms with Crippen molar-refractivity contribution in [2.45, 2.75) is 13.5 Å². The normalized spacial score (nSPS) is 10.4. The maximum atomic E-state index is 12.0. The van der Waals surface area contributed by atoms with E-state index in [0.717, 1.165) is 0 Å². The lowest BCUT2D eigenvalue weighted by Crippen LogP contribution is -2.30. The average molecular weight is 463 g/mol. The summed E-state index contributed by atoms with van der Waals surface area (Å²) >= 11 is 5.24. The van der Waals surface area contributed by atoms with Crippen LogP contribution in [0.15, 0.2) is 33.8 Å². The minimum atomic E-state index is -0.316. The number of carbonyl (C=O) groups excluding carboxylic acids is 1. The molecule has 1 heterocycles. The highest BCUT2D eigenvalue weighted by Gasteiger charge is 2.10. The molecule has 0 saturated carbocycles. The van der Waals surface area contributed by atoms with E-state index in [4.69, 9.17) is 5.73 Å². The molecule has 0 aliphatic rings. The Bertz CT molecular complexity index is 760. The molecule has 0 aliphatic carbocycles. The molecule has 0 spiro atoms. The molecule has 6 nitrogen and oxygen atoms in total. The molecule has 0 unspecified atom stereocenters. The largest absolute Gasteiger partial charge is 0.399 e. The van der Waals surface area contributed by atoms with Gasteiger partial charge < -0.3 is 11.1 Å². The second kappa shape index (κ2) is 6.56. The molecule has 0 saturated heterocycles. The molecule has 21 heavy (non-hydrogen) atoms. The summed E-state index contributed by atoms with van der Waals surface area (Å²) in [6, 6.07) is 5.07. The van der Waals surface area contributed by atoms with Crippen molar-refractivity contribution in [2.24, 2.45) is 0 Å². The molecule has 2 aromatic rings. The van der Waals surface area contributed by atoms with Gasteiger partial charge in [0.2, 0.25) is 5.91 Å². The third-order valence-corrected chi connectivity index (χ3v) is 4.64. The van der Waals surface area contributed by atoms with E-state index in [1.807, 2.05) is 22.6 Å². The molecule has 2 rings (SSSR count). The van der Waals surface area contributed by atoms with Crippen LogP contribution < -0.4 is 16.6 Å². The summed E-state index contributed by atoms with van der Waals surface area (Å²) in [5.74, 6) is -0.316. The predicted molar refractivity (Wildman–Crippen MR) is 93.1 cm³/mol. The van der Waals surface area contributed by atoms with Crippen LogP contribution in [0.5, 0.6) is 0 Å². The molecule has 1 aromatic heterocycles. The van der Waals surface area contributed by atoms with Gasteiger partial charge in [-0.05, 0) is 63.6 Å². The van der Waals surface area contributed by atoms with Gasteiger partial charge in [0, 0.05) is 10.2 Å². The van der Waals surface area contributed by atoms with E-state index in [0.29, 0.717) is 25.1 Å². The lowest BCUT2D eigenvalue weighted by molar-refractivity contribution is -0.116. The van der Waals surface area contributed by atoms with Gasteiger partial charge in [-0.3, -0.25) is 14.2 Å². The van der Waals surface area contributed by atoms with Gasteiger partial charge in [-0.15, -0.1) is 0 Å². The van der Waals surface area contributed by atoms with Crippen molar-refractivity contribution < 1.29 is 4.79 Å². The monoisotopic (exact) mass is 462 g/mol. The Balaban J connectivity index is 2.16. The molecule has 3 N–H and O–H groups in total. The van der Waals surface area contributed by atoms with Gasteiger partial charge in [0.25, 0.3) is 5.56 Å². The molecule has 0 aliphatic heterocycles. The second-order valence-corrected chi connectivity index (χ2v) is 6.30. The van der Waals surface area contributed by atoms with Crippen LogP contribution in [0.2, 0.25) is 0 Å². The summed E-state index contributed by atoms with van der Waals surface area (Å²) in [5, 5.41) is 2.72. The van der Waals surface area contributed by atoms with Crippen molar-refractivity contribution in [3.05, 3.63) is 48.6 Å². The quantitative estimate of drug-likeness (QED) is 0.540. The van der Waals surface area contributed by atoms with Crippen LogP contribution in [0, 0.1) is 10.5 Å². The van der Waals surface area contributed by atoms with Gasteiger partial charge in [0.1, 0.15) is 6.54 Å². The Morgan fingerprint density at radius 2 is 2.24 bits per heavy atom. The fraction of sp³-hybridized carbons (Fsp3) is 0.154. The van der Waals surface area contributed by atoms with E-state index < -0.39 is 0 Å². The van der Waals surface area contributed by atoms with E-state index in [1.165, 1.54) is 10.9 Å². The molecule has 8 heteroatoms. The number of nitrogens with two attached hydrogens (primary N) is 1. The van der Waals surface area contributed by atoms with Crippen LogP contribution in [0.1, 0.15) is 5.69 Å². The van der Waals surface area contributed by atoms with Crippen LogP contribution >= 0.6 is 38.5 Å². The van der Waals surface area contributed by atoms with Crippen molar-refractivity contribution in [1.82, 2.24) is 9.55 Å². The summed E-state index contributed by atoms with van der Waals surface area (Å²) < 4.78 is 2.46. The first-order valence-electron chi connectivity index (χ1n) is 5.95. The molecule has 0 atom stereocenters. The van der Waals surface area contributed by atoms with Gasteiger partial charge in [-0.2, -0.15) is 0 Å². The third-order valence-electron chi connectivity index (χ3n) is 2.74. The van der Waals surface area contributed by atoms with Crippen molar-refractivity contribution in [3.63, 3.8) is 0 Å². The number of aryl methyl sites for hydroxylation is 1. The number of nitrogens with zero attached hydrogens (tertiary/aromatic N) is 2. The number of hydrogen-bond acceptors (Lipinski definition) is 4. The highest BCUT2D eigenvalue weighted by molar-refractivity contribution is 14.1. The lowest BCUT2D eigenvalue weighted by Gasteiger charge is -2.10. The van der Waals surface area contributed by atoms with Gasteiger partial charge in [-0.25, -0.2) is 4.98 Å². The topological polar surface area (TPSA) is 90.0 Å². The minimum absolute atomic E-state index is 0.0983. The molecule has 0 bridgehead atoms. The summed E-state index contributed by atoms with van der Waals surface area (Å²) in [6.07, 6.45) is 1.37.